The van der Waals surface area contributed by atoms with Gasteiger partial charge in [0.2, 0.25) is 0 Å². The third-order valence-corrected chi connectivity index (χ3v) is 3.22. The lowest BCUT2D eigenvalue weighted by Gasteiger charge is -2.34. The zero-order valence-electron chi connectivity index (χ0n) is 8.21. The molecule has 0 aliphatic carbocycles. The van der Waals surface area contributed by atoms with E-state index < -0.39 is 0 Å². The lowest BCUT2D eigenvalue weighted by molar-refractivity contribution is 0.156. The first kappa shape index (κ1) is 13.5. The number of hydrogen-bond donors (Lipinski definition) is 1. The van der Waals surface area contributed by atoms with Crippen molar-refractivity contribution in [3.05, 3.63) is 0 Å². The van der Waals surface area contributed by atoms with Crippen molar-refractivity contribution in [1.82, 2.24) is 10.2 Å². The molecular formula is C9H20Cl2N2. The zero-order chi connectivity index (χ0) is 7.73. The number of hydrogen-bond acceptors (Lipinski definition) is 2. The Bertz CT molecular complexity index is 141. The highest BCUT2D eigenvalue weighted by Crippen LogP contribution is 2.26. The summed E-state index contributed by atoms with van der Waals surface area (Å²) in [5.41, 5.74) is 0.497. The smallest absolute Gasteiger partial charge is 0.0317 e. The average Bonchev–Trinajstić information content (AvgIpc) is 2.55. The lowest BCUT2D eigenvalue weighted by Crippen LogP contribution is -2.46. The fraction of sp³-hybridized carbons (Fsp3) is 1.00. The highest BCUT2D eigenvalue weighted by Gasteiger charge is 2.35. The van der Waals surface area contributed by atoms with Gasteiger partial charge in [0.1, 0.15) is 0 Å². The molecule has 4 heteroatoms. The molecule has 0 aromatic rings. The van der Waals surface area contributed by atoms with Crippen molar-refractivity contribution >= 4 is 24.8 Å². The van der Waals surface area contributed by atoms with E-state index in [9.17, 15) is 0 Å². The second-order valence-electron chi connectivity index (χ2n) is 4.12. The first-order chi connectivity index (χ1) is 5.31. The van der Waals surface area contributed by atoms with Crippen LogP contribution >= 0.6 is 24.8 Å². The maximum absolute atomic E-state index is 3.45. The van der Waals surface area contributed by atoms with Crippen molar-refractivity contribution in [2.75, 3.05) is 26.2 Å². The van der Waals surface area contributed by atoms with Crippen LogP contribution in [0.3, 0.4) is 0 Å². The Morgan fingerprint density at radius 2 is 1.77 bits per heavy atom. The first-order valence-electron chi connectivity index (χ1n) is 4.77. The monoisotopic (exact) mass is 226 g/mol. The Kier molecular flexibility index (Phi) is 5.61. The van der Waals surface area contributed by atoms with Crippen molar-refractivity contribution < 1.29 is 0 Å². The van der Waals surface area contributed by atoms with Crippen LogP contribution in [0.5, 0.6) is 0 Å². The van der Waals surface area contributed by atoms with Crippen LogP contribution in [0.15, 0.2) is 0 Å². The van der Waals surface area contributed by atoms with Crippen molar-refractivity contribution in [2.45, 2.75) is 31.7 Å². The molecule has 0 spiro atoms. The molecule has 2 rings (SSSR count). The Morgan fingerprint density at radius 1 is 1.15 bits per heavy atom. The second kappa shape index (κ2) is 5.40. The van der Waals surface area contributed by atoms with E-state index in [2.05, 4.69) is 17.1 Å². The number of halogens is 2. The van der Waals surface area contributed by atoms with Crippen LogP contribution in [0.4, 0.5) is 0 Å². The summed E-state index contributed by atoms with van der Waals surface area (Å²) in [5, 5.41) is 3.45. The van der Waals surface area contributed by atoms with E-state index >= 15 is 0 Å². The molecule has 2 heterocycles. The summed E-state index contributed by atoms with van der Waals surface area (Å²) >= 11 is 0. The van der Waals surface area contributed by atoms with Gasteiger partial charge in [0.05, 0.1) is 0 Å². The third-order valence-electron chi connectivity index (χ3n) is 3.22. The highest BCUT2D eigenvalue weighted by molar-refractivity contribution is 5.85. The van der Waals surface area contributed by atoms with E-state index in [1.165, 1.54) is 45.4 Å². The van der Waals surface area contributed by atoms with E-state index in [1.54, 1.807) is 0 Å². The van der Waals surface area contributed by atoms with Gasteiger partial charge in [0, 0.05) is 12.1 Å². The van der Waals surface area contributed by atoms with Crippen LogP contribution < -0.4 is 5.32 Å². The third kappa shape index (κ3) is 2.72. The number of nitrogens with one attached hydrogen (secondary N) is 1. The molecule has 2 aliphatic heterocycles. The molecule has 2 aliphatic rings. The number of rotatable bonds is 1. The molecule has 80 valence electrons. The number of likely N-dealkylation sites (tertiary alicyclic amines) is 1. The van der Waals surface area contributed by atoms with Gasteiger partial charge in [-0.25, -0.2) is 0 Å². The van der Waals surface area contributed by atoms with Gasteiger partial charge in [-0.3, -0.25) is 4.90 Å². The van der Waals surface area contributed by atoms with E-state index in [0.29, 0.717) is 5.54 Å². The first-order valence-corrected chi connectivity index (χ1v) is 4.77. The molecule has 1 unspecified atom stereocenters. The molecule has 0 saturated carbocycles. The minimum Gasteiger partial charge on any atom is -0.315 e. The Balaban J connectivity index is 0.000000720. The fourth-order valence-corrected chi connectivity index (χ4v) is 2.33. The van der Waals surface area contributed by atoms with Gasteiger partial charge in [-0.1, -0.05) is 0 Å². The number of nitrogens with zero attached hydrogens (tertiary/aromatic N) is 1. The predicted molar refractivity (Wildman–Crippen MR) is 61.2 cm³/mol. The molecule has 2 nitrogen and oxygen atoms in total. The van der Waals surface area contributed by atoms with E-state index in [-0.39, 0.29) is 24.8 Å². The van der Waals surface area contributed by atoms with Gasteiger partial charge in [-0.2, -0.15) is 0 Å². The summed E-state index contributed by atoms with van der Waals surface area (Å²) in [5.74, 6) is 0. The molecule has 1 atom stereocenters. The van der Waals surface area contributed by atoms with Crippen molar-refractivity contribution in [3.63, 3.8) is 0 Å². The molecule has 0 amide bonds. The molecule has 0 aromatic heterocycles. The molecule has 0 radical (unpaired) electrons. The minimum absolute atomic E-state index is 0. The van der Waals surface area contributed by atoms with E-state index in [1.807, 2.05) is 0 Å². The standard InChI is InChI=1S/C9H18N2.2ClH/c1-9(4-5-10-8-9)11-6-2-3-7-11;;/h10H,2-8H2,1H3;2*1H. The zero-order valence-corrected chi connectivity index (χ0v) is 9.85. The Hall–Kier alpha value is 0.500. The van der Waals surface area contributed by atoms with Crippen molar-refractivity contribution in [3.8, 4) is 0 Å². The molecule has 2 fully saturated rings. The topological polar surface area (TPSA) is 15.3 Å². The summed E-state index contributed by atoms with van der Waals surface area (Å²) < 4.78 is 0. The summed E-state index contributed by atoms with van der Waals surface area (Å²) in [6.45, 7) is 7.48. The summed E-state index contributed by atoms with van der Waals surface area (Å²) in [4.78, 5) is 2.66. The van der Waals surface area contributed by atoms with Crippen LogP contribution in [0.2, 0.25) is 0 Å². The molecule has 0 bridgehead atoms. The van der Waals surface area contributed by atoms with Crippen LogP contribution in [0.1, 0.15) is 26.2 Å². The van der Waals surface area contributed by atoms with Crippen LogP contribution in [0, 0.1) is 0 Å². The Morgan fingerprint density at radius 3 is 2.23 bits per heavy atom. The second-order valence-corrected chi connectivity index (χ2v) is 4.12. The predicted octanol–water partition coefficient (Wildman–Crippen LogP) is 1.68. The highest BCUT2D eigenvalue weighted by atomic mass is 35.5. The van der Waals surface area contributed by atoms with E-state index in [0.717, 1.165) is 0 Å². The largest absolute Gasteiger partial charge is 0.315 e. The molecule has 1 N–H and O–H groups in total. The van der Waals surface area contributed by atoms with E-state index in [4.69, 9.17) is 0 Å². The lowest BCUT2D eigenvalue weighted by atomic mass is 10.00. The van der Waals surface area contributed by atoms with Crippen molar-refractivity contribution in [2.24, 2.45) is 0 Å². The van der Waals surface area contributed by atoms with Crippen molar-refractivity contribution in [1.29, 1.82) is 0 Å². The average molecular weight is 227 g/mol. The minimum atomic E-state index is 0. The fourth-order valence-electron chi connectivity index (χ4n) is 2.33. The Labute approximate surface area is 93.3 Å². The maximum Gasteiger partial charge on any atom is 0.0317 e. The molecule has 13 heavy (non-hydrogen) atoms. The normalized spacial score (nSPS) is 33.9. The summed E-state index contributed by atoms with van der Waals surface area (Å²) in [7, 11) is 0. The van der Waals surface area contributed by atoms with Crippen LogP contribution in [0.25, 0.3) is 0 Å². The maximum atomic E-state index is 3.45. The van der Waals surface area contributed by atoms with Gasteiger partial charge in [0.15, 0.2) is 0 Å². The van der Waals surface area contributed by atoms with Gasteiger partial charge in [-0.05, 0) is 45.8 Å². The van der Waals surface area contributed by atoms with Gasteiger partial charge >= 0.3 is 0 Å². The quantitative estimate of drug-likeness (QED) is 0.733. The molecule has 2 saturated heterocycles. The molecule has 0 aromatic carbocycles. The molecular weight excluding hydrogens is 207 g/mol. The summed E-state index contributed by atoms with van der Waals surface area (Å²) in [6.07, 6.45) is 4.16. The van der Waals surface area contributed by atoms with Gasteiger partial charge < -0.3 is 5.32 Å². The van der Waals surface area contributed by atoms with Gasteiger partial charge in [-0.15, -0.1) is 24.8 Å². The van der Waals surface area contributed by atoms with Gasteiger partial charge in [0.25, 0.3) is 0 Å². The van der Waals surface area contributed by atoms with Crippen LogP contribution in [-0.4, -0.2) is 36.6 Å². The SMILES string of the molecule is CC1(N2CCCC2)CCNC1.Cl.Cl. The van der Waals surface area contributed by atoms with Crippen LogP contribution in [-0.2, 0) is 0 Å². The summed E-state index contributed by atoms with van der Waals surface area (Å²) in [6, 6.07) is 0.